The van der Waals surface area contributed by atoms with Crippen molar-refractivity contribution in [3.63, 3.8) is 0 Å². The molecule has 0 saturated carbocycles. The van der Waals surface area contributed by atoms with Crippen LogP contribution in [0.4, 0.5) is 5.69 Å². The molecule has 146 valence electrons. The first-order valence-electron chi connectivity index (χ1n) is 8.21. The summed E-state index contributed by atoms with van der Waals surface area (Å²) in [5.41, 5.74) is -0.272. The van der Waals surface area contributed by atoms with Gasteiger partial charge in [-0.2, -0.15) is 0 Å². The minimum absolute atomic E-state index is 0.106. The standard InChI is InChI=1S/C16H21N5O4S2/c1-2-17-16(19-12-14-6-4-10-26-14)18-8-9-20-27(24,25)15-7-3-5-13(11-15)21(22)23/h3-7,10-11,20H,2,8-9,12H2,1H3,(H2,17,18,19). The normalized spacial score (nSPS) is 12.0. The van der Waals surface area contributed by atoms with E-state index in [0.717, 1.165) is 10.9 Å². The molecule has 3 N–H and O–H groups in total. The Kier molecular flexibility index (Phi) is 7.70. The first kappa shape index (κ1) is 20.8. The largest absolute Gasteiger partial charge is 0.357 e. The summed E-state index contributed by atoms with van der Waals surface area (Å²) in [5, 5.41) is 18.9. The highest BCUT2D eigenvalue weighted by Crippen LogP contribution is 2.16. The van der Waals surface area contributed by atoms with Crippen LogP contribution < -0.4 is 15.4 Å². The number of rotatable bonds is 9. The van der Waals surface area contributed by atoms with Gasteiger partial charge >= 0.3 is 0 Å². The van der Waals surface area contributed by atoms with E-state index in [0.29, 0.717) is 25.6 Å². The molecule has 0 spiro atoms. The molecular formula is C16H21N5O4S2. The Morgan fingerprint density at radius 3 is 2.70 bits per heavy atom. The summed E-state index contributed by atoms with van der Waals surface area (Å²) in [7, 11) is -3.83. The molecule has 0 aliphatic rings. The van der Waals surface area contributed by atoms with Gasteiger partial charge in [-0.3, -0.25) is 10.1 Å². The average Bonchev–Trinajstić information content (AvgIpc) is 3.17. The molecule has 0 atom stereocenters. The van der Waals surface area contributed by atoms with Gasteiger partial charge in [-0.1, -0.05) is 12.1 Å². The molecule has 2 rings (SSSR count). The van der Waals surface area contributed by atoms with Crippen LogP contribution in [0.15, 0.2) is 51.7 Å². The van der Waals surface area contributed by atoms with E-state index in [2.05, 4.69) is 20.3 Å². The van der Waals surface area contributed by atoms with Crippen molar-refractivity contribution < 1.29 is 13.3 Å². The van der Waals surface area contributed by atoms with E-state index >= 15 is 0 Å². The van der Waals surface area contributed by atoms with Gasteiger partial charge in [0.15, 0.2) is 5.96 Å². The lowest BCUT2D eigenvalue weighted by molar-refractivity contribution is -0.385. The highest BCUT2D eigenvalue weighted by molar-refractivity contribution is 7.89. The van der Waals surface area contributed by atoms with Crippen molar-refractivity contribution in [1.29, 1.82) is 0 Å². The lowest BCUT2D eigenvalue weighted by Gasteiger charge is -2.12. The maximum Gasteiger partial charge on any atom is 0.270 e. The molecule has 1 aromatic heterocycles. The minimum Gasteiger partial charge on any atom is -0.357 e. The number of nitrogens with zero attached hydrogens (tertiary/aromatic N) is 2. The molecule has 9 nitrogen and oxygen atoms in total. The second-order valence-electron chi connectivity index (χ2n) is 5.35. The van der Waals surface area contributed by atoms with Gasteiger partial charge in [0, 0.05) is 36.6 Å². The van der Waals surface area contributed by atoms with E-state index in [1.54, 1.807) is 11.3 Å². The fraction of sp³-hybridized carbons (Fsp3) is 0.312. The van der Waals surface area contributed by atoms with E-state index in [4.69, 9.17) is 0 Å². The van der Waals surface area contributed by atoms with E-state index in [1.807, 2.05) is 24.4 Å². The number of thiophene rings is 1. The van der Waals surface area contributed by atoms with Gasteiger partial charge < -0.3 is 10.6 Å². The Morgan fingerprint density at radius 1 is 1.22 bits per heavy atom. The van der Waals surface area contributed by atoms with Gasteiger partial charge in [-0.25, -0.2) is 18.1 Å². The summed E-state index contributed by atoms with van der Waals surface area (Å²) in [6.07, 6.45) is 0. The SMILES string of the molecule is CCNC(=NCc1cccs1)NCCNS(=O)(=O)c1cccc([N+](=O)[O-])c1. The second kappa shape index (κ2) is 10.00. The van der Waals surface area contributed by atoms with Crippen molar-refractivity contribution in [2.45, 2.75) is 18.4 Å². The van der Waals surface area contributed by atoms with Crippen LogP contribution in [0.2, 0.25) is 0 Å². The molecule has 1 aromatic carbocycles. The number of nitrogens with one attached hydrogen (secondary N) is 3. The predicted octanol–water partition coefficient (Wildman–Crippen LogP) is 1.69. The van der Waals surface area contributed by atoms with E-state index < -0.39 is 14.9 Å². The number of nitro groups is 1. The van der Waals surface area contributed by atoms with Crippen molar-refractivity contribution in [3.05, 3.63) is 56.8 Å². The number of benzene rings is 1. The van der Waals surface area contributed by atoms with Gasteiger partial charge in [-0.15, -0.1) is 11.3 Å². The number of hydrogen-bond acceptors (Lipinski definition) is 6. The highest BCUT2D eigenvalue weighted by atomic mass is 32.2. The summed E-state index contributed by atoms with van der Waals surface area (Å²) in [5.74, 6) is 0.584. The molecule has 0 saturated heterocycles. The van der Waals surface area contributed by atoms with Crippen LogP contribution in [0.25, 0.3) is 0 Å². The topological polar surface area (TPSA) is 126 Å². The Hall–Kier alpha value is -2.50. The lowest BCUT2D eigenvalue weighted by atomic mass is 10.3. The zero-order valence-corrected chi connectivity index (χ0v) is 16.3. The second-order valence-corrected chi connectivity index (χ2v) is 8.15. The van der Waals surface area contributed by atoms with Crippen LogP contribution in [0.1, 0.15) is 11.8 Å². The van der Waals surface area contributed by atoms with Crippen molar-refractivity contribution in [2.75, 3.05) is 19.6 Å². The molecule has 1 heterocycles. The number of non-ortho nitro benzene ring substituents is 1. The molecule has 27 heavy (non-hydrogen) atoms. The van der Waals surface area contributed by atoms with Gasteiger partial charge in [0.1, 0.15) is 0 Å². The van der Waals surface area contributed by atoms with E-state index in [-0.39, 0.29) is 17.1 Å². The maximum absolute atomic E-state index is 12.3. The molecule has 11 heteroatoms. The minimum atomic E-state index is -3.83. The number of hydrogen-bond donors (Lipinski definition) is 3. The number of guanidine groups is 1. The number of nitro benzene ring substituents is 1. The lowest BCUT2D eigenvalue weighted by Crippen LogP contribution is -2.41. The molecule has 0 aliphatic heterocycles. The van der Waals surface area contributed by atoms with Gasteiger partial charge in [0.2, 0.25) is 10.0 Å². The van der Waals surface area contributed by atoms with E-state index in [9.17, 15) is 18.5 Å². The third-order valence-corrected chi connectivity index (χ3v) is 5.69. The summed E-state index contributed by atoms with van der Waals surface area (Å²) in [6.45, 7) is 3.56. The number of sulfonamides is 1. The first-order chi connectivity index (χ1) is 12.9. The quantitative estimate of drug-likeness (QED) is 0.190. The Morgan fingerprint density at radius 2 is 2.04 bits per heavy atom. The van der Waals surface area contributed by atoms with Crippen molar-refractivity contribution >= 4 is 33.0 Å². The zero-order chi connectivity index (χ0) is 19.7. The monoisotopic (exact) mass is 411 g/mol. The predicted molar refractivity (Wildman–Crippen MR) is 105 cm³/mol. The third kappa shape index (κ3) is 6.62. The smallest absolute Gasteiger partial charge is 0.270 e. The van der Waals surface area contributed by atoms with Gasteiger partial charge in [-0.05, 0) is 24.4 Å². The van der Waals surface area contributed by atoms with Crippen LogP contribution in [0.3, 0.4) is 0 Å². The third-order valence-electron chi connectivity index (χ3n) is 3.37. The zero-order valence-electron chi connectivity index (χ0n) is 14.7. The molecule has 0 aliphatic carbocycles. The van der Waals surface area contributed by atoms with Crippen LogP contribution in [-0.2, 0) is 16.6 Å². The highest BCUT2D eigenvalue weighted by Gasteiger charge is 2.17. The molecule has 0 fully saturated rings. The average molecular weight is 412 g/mol. The Labute approximate surface area is 161 Å². The van der Waals surface area contributed by atoms with Gasteiger partial charge in [0.05, 0.1) is 16.4 Å². The Bertz CT molecular complexity index is 882. The summed E-state index contributed by atoms with van der Waals surface area (Å²) < 4.78 is 26.9. The summed E-state index contributed by atoms with van der Waals surface area (Å²) in [6, 6.07) is 8.87. The molecule has 0 bridgehead atoms. The fourth-order valence-corrected chi connectivity index (χ4v) is 3.81. The molecule has 0 amide bonds. The molecular weight excluding hydrogens is 390 g/mol. The van der Waals surface area contributed by atoms with Crippen LogP contribution in [-0.4, -0.2) is 38.9 Å². The molecule has 2 aromatic rings. The number of aliphatic imine (C=N–C) groups is 1. The van der Waals surface area contributed by atoms with Crippen molar-refractivity contribution in [3.8, 4) is 0 Å². The van der Waals surface area contributed by atoms with Gasteiger partial charge in [0.25, 0.3) is 5.69 Å². The first-order valence-corrected chi connectivity index (χ1v) is 10.6. The molecule has 0 unspecified atom stereocenters. The maximum atomic E-state index is 12.3. The summed E-state index contributed by atoms with van der Waals surface area (Å²) in [4.78, 5) is 15.6. The van der Waals surface area contributed by atoms with Crippen LogP contribution >= 0.6 is 11.3 Å². The molecule has 0 radical (unpaired) electrons. The fourth-order valence-electron chi connectivity index (χ4n) is 2.12. The van der Waals surface area contributed by atoms with Crippen LogP contribution in [0.5, 0.6) is 0 Å². The van der Waals surface area contributed by atoms with Crippen molar-refractivity contribution in [1.82, 2.24) is 15.4 Å². The summed E-state index contributed by atoms with van der Waals surface area (Å²) >= 11 is 1.61. The van der Waals surface area contributed by atoms with E-state index in [1.165, 1.54) is 18.2 Å². The Balaban J connectivity index is 1.88. The van der Waals surface area contributed by atoms with Crippen LogP contribution in [0, 0.1) is 10.1 Å². The van der Waals surface area contributed by atoms with Crippen molar-refractivity contribution in [2.24, 2.45) is 4.99 Å².